The monoisotopic (exact) mass is 264 g/mol. The van der Waals surface area contributed by atoms with Gasteiger partial charge in [-0.3, -0.25) is 10.1 Å². The molecule has 0 amide bonds. The number of hydrogen-bond acceptors (Lipinski definition) is 4. The summed E-state index contributed by atoms with van der Waals surface area (Å²) in [5, 5.41) is 14.2. The zero-order valence-corrected chi connectivity index (χ0v) is 11.2. The van der Waals surface area contributed by atoms with Gasteiger partial charge in [0.1, 0.15) is 5.75 Å². The fourth-order valence-corrected chi connectivity index (χ4v) is 2.41. The molecule has 0 aliphatic carbocycles. The summed E-state index contributed by atoms with van der Waals surface area (Å²) in [7, 11) is 0. The second kappa shape index (κ2) is 6.52. The zero-order valence-electron chi connectivity index (χ0n) is 11.2. The molecule has 1 atom stereocenters. The zero-order chi connectivity index (χ0) is 13.7. The average molecular weight is 264 g/mol. The minimum absolute atomic E-state index is 0.140. The molecule has 1 heterocycles. The van der Waals surface area contributed by atoms with Gasteiger partial charge in [0.15, 0.2) is 0 Å². The van der Waals surface area contributed by atoms with E-state index >= 15 is 0 Å². The van der Waals surface area contributed by atoms with Crippen molar-refractivity contribution in [3.05, 3.63) is 33.9 Å². The molecule has 0 radical (unpaired) electrons. The number of hydrogen-bond donors (Lipinski definition) is 1. The van der Waals surface area contributed by atoms with Crippen LogP contribution in [0.4, 0.5) is 5.69 Å². The quantitative estimate of drug-likeness (QED) is 0.656. The molecule has 1 aliphatic rings. The Morgan fingerprint density at radius 3 is 2.95 bits per heavy atom. The van der Waals surface area contributed by atoms with Gasteiger partial charge in [0, 0.05) is 17.7 Å². The van der Waals surface area contributed by atoms with E-state index in [1.54, 1.807) is 19.1 Å². The maximum absolute atomic E-state index is 10.7. The second-order valence-corrected chi connectivity index (χ2v) is 4.99. The largest absolute Gasteiger partial charge is 0.494 e. The van der Waals surface area contributed by atoms with Gasteiger partial charge in [-0.05, 0) is 44.9 Å². The van der Waals surface area contributed by atoms with E-state index in [2.05, 4.69) is 5.32 Å². The number of ether oxygens (including phenoxy) is 1. The summed E-state index contributed by atoms with van der Waals surface area (Å²) in [5.74, 6) is 0.707. The molecule has 0 bridgehead atoms. The Morgan fingerprint density at radius 1 is 1.47 bits per heavy atom. The van der Waals surface area contributed by atoms with E-state index < -0.39 is 0 Å². The first-order valence-corrected chi connectivity index (χ1v) is 6.78. The van der Waals surface area contributed by atoms with Crippen LogP contribution in [0.25, 0.3) is 0 Å². The van der Waals surface area contributed by atoms with Crippen LogP contribution in [0.3, 0.4) is 0 Å². The summed E-state index contributed by atoms with van der Waals surface area (Å²) in [6.45, 7) is 3.48. The SMILES string of the molecule is Cc1cc(OCC[C@@H]2CCCCN2)ccc1[N+](=O)[O-]. The van der Waals surface area contributed by atoms with Gasteiger partial charge in [-0.1, -0.05) is 6.42 Å². The van der Waals surface area contributed by atoms with Crippen molar-refractivity contribution in [1.29, 1.82) is 0 Å². The third kappa shape index (κ3) is 3.92. The lowest BCUT2D eigenvalue weighted by molar-refractivity contribution is -0.385. The Labute approximate surface area is 113 Å². The molecular weight excluding hydrogens is 244 g/mol. The summed E-state index contributed by atoms with van der Waals surface area (Å²) in [6.07, 6.45) is 4.74. The molecule has 1 fully saturated rings. The van der Waals surface area contributed by atoms with Crippen molar-refractivity contribution >= 4 is 5.69 Å². The van der Waals surface area contributed by atoms with E-state index in [1.807, 2.05) is 0 Å². The fraction of sp³-hybridized carbons (Fsp3) is 0.571. The summed E-state index contributed by atoms with van der Waals surface area (Å²) in [6, 6.07) is 5.45. The first kappa shape index (κ1) is 13.8. The van der Waals surface area contributed by atoms with Crippen molar-refractivity contribution < 1.29 is 9.66 Å². The van der Waals surface area contributed by atoms with Gasteiger partial charge >= 0.3 is 0 Å². The molecule has 1 aromatic rings. The van der Waals surface area contributed by atoms with Gasteiger partial charge in [0.25, 0.3) is 5.69 Å². The van der Waals surface area contributed by atoms with E-state index in [9.17, 15) is 10.1 Å². The lowest BCUT2D eigenvalue weighted by Crippen LogP contribution is -2.35. The van der Waals surface area contributed by atoms with Crippen molar-refractivity contribution in [2.45, 2.75) is 38.6 Å². The molecule has 1 N–H and O–H groups in total. The van der Waals surface area contributed by atoms with E-state index in [0.717, 1.165) is 13.0 Å². The first-order valence-electron chi connectivity index (χ1n) is 6.78. The topological polar surface area (TPSA) is 64.4 Å². The van der Waals surface area contributed by atoms with Crippen molar-refractivity contribution in [2.75, 3.05) is 13.2 Å². The molecule has 19 heavy (non-hydrogen) atoms. The van der Waals surface area contributed by atoms with Crippen LogP contribution in [0.1, 0.15) is 31.2 Å². The van der Waals surface area contributed by atoms with Crippen LogP contribution in [0.2, 0.25) is 0 Å². The van der Waals surface area contributed by atoms with Crippen molar-refractivity contribution in [1.82, 2.24) is 5.32 Å². The van der Waals surface area contributed by atoms with Gasteiger partial charge in [-0.2, -0.15) is 0 Å². The van der Waals surface area contributed by atoms with Crippen LogP contribution in [-0.2, 0) is 0 Å². The summed E-state index contributed by atoms with van der Waals surface area (Å²) >= 11 is 0. The molecule has 1 aromatic carbocycles. The highest BCUT2D eigenvalue weighted by Crippen LogP contribution is 2.23. The number of benzene rings is 1. The highest BCUT2D eigenvalue weighted by atomic mass is 16.6. The minimum Gasteiger partial charge on any atom is -0.494 e. The molecule has 5 heteroatoms. The second-order valence-electron chi connectivity index (χ2n) is 4.99. The van der Waals surface area contributed by atoms with E-state index in [-0.39, 0.29) is 10.6 Å². The normalized spacial score (nSPS) is 19.1. The maximum atomic E-state index is 10.7. The third-order valence-electron chi connectivity index (χ3n) is 3.51. The number of piperidine rings is 1. The van der Waals surface area contributed by atoms with E-state index in [4.69, 9.17) is 4.74 Å². The van der Waals surface area contributed by atoms with Gasteiger partial charge in [0.2, 0.25) is 0 Å². The molecule has 1 saturated heterocycles. The number of nitrogens with one attached hydrogen (secondary N) is 1. The van der Waals surface area contributed by atoms with Gasteiger partial charge in [0.05, 0.1) is 11.5 Å². The summed E-state index contributed by atoms with van der Waals surface area (Å²) in [5.41, 5.74) is 0.777. The van der Waals surface area contributed by atoms with Crippen molar-refractivity contribution in [3.8, 4) is 5.75 Å². The Morgan fingerprint density at radius 2 is 2.32 bits per heavy atom. The Balaban J connectivity index is 1.82. The van der Waals surface area contributed by atoms with Crippen LogP contribution in [0, 0.1) is 17.0 Å². The average Bonchev–Trinajstić information content (AvgIpc) is 2.39. The van der Waals surface area contributed by atoms with Gasteiger partial charge in [-0.15, -0.1) is 0 Å². The van der Waals surface area contributed by atoms with Crippen LogP contribution in [0.15, 0.2) is 18.2 Å². The van der Waals surface area contributed by atoms with Crippen molar-refractivity contribution in [2.24, 2.45) is 0 Å². The number of rotatable bonds is 5. The number of aryl methyl sites for hydroxylation is 1. The lowest BCUT2D eigenvalue weighted by atomic mass is 10.0. The third-order valence-corrected chi connectivity index (χ3v) is 3.51. The van der Waals surface area contributed by atoms with E-state index in [0.29, 0.717) is 24.0 Å². The molecule has 0 unspecified atom stereocenters. The van der Waals surface area contributed by atoms with Gasteiger partial charge in [-0.25, -0.2) is 0 Å². The summed E-state index contributed by atoms with van der Waals surface area (Å²) < 4.78 is 5.66. The smallest absolute Gasteiger partial charge is 0.272 e. The Bertz CT molecular complexity index is 442. The molecule has 2 rings (SSSR count). The predicted octanol–water partition coefficient (Wildman–Crippen LogP) is 2.81. The molecule has 5 nitrogen and oxygen atoms in total. The van der Waals surface area contributed by atoms with Crippen LogP contribution < -0.4 is 10.1 Å². The number of nitro benzene ring substituents is 1. The fourth-order valence-electron chi connectivity index (χ4n) is 2.41. The van der Waals surface area contributed by atoms with Crippen molar-refractivity contribution in [3.63, 3.8) is 0 Å². The molecular formula is C14H20N2O3. The minimum atomic E-state index is -0.370. The first-order chi connectivity index (χ1) is 9.16. The standard InChI is InChI=1S/C14H20N2O3/c1-11-10-13(5-6-14(11)16(17)18)19-9-7-12-4-2-3-8-15-12/h5-6,10,12,15H,2-4,7-9H2,1H3/t12-/m0/s1. The summed E-state index contributed by atoms with van der Waals surface area (Å²) in [4.78, 5) is 10.3. The highest BCUT2D eigenvalue weighted by Gasteiger charge is 2.13. The van der Waals surface area contributed by atoms with Gasteiger partial charge < -0.3 is 10.1 Å². The van der Waals surface area contributed by atoms with Crippen LogP contribution in [0.5, 0.6) is 5.75 Å². The number of nitrogens with zero attached hydrogens (tertiary/aromatic N) is 1. The molecule has 104 valence electrons. The molecule has 0 aromatic heterocycles. The molecule has 0 spiro atoms. The molecule has 1 aliphatic heterocycles. The maximum Gasteiger partial charge on any atom is 0.272 e. The lowest BCUT2D eigenvalue weighted by Gasteiger charge is -2.23. The Kier molecular flexibility index (Phi) is 4.74. The van der Waals surface area contributed by atoms with Crippen LogP contribution >= 0.6 is 0 Å². The number of nitro groups is 1. The van der Waals surface area contributed by atoms with E-state index in [1.165, 1.54) is 25.3 Å². The highest BCUT2D eigenvalue weighted by molar-refractivity contribution is 5.44. The van der Waals surface area contributed by atoms with Crippen LogP contribution in [-0.4, -0.2) is 24.1 Å². The predicted molar refractivity (Wildman–Crippen MR) is 73.6 cm³/mol. The molecule has 0 saturated carbocycles. The Hall–Kier alpha value is -1.62.